The van der Waals surface area contributed by atoms with Gasteiger partial charge in [0.05, 0.1) is 5.69 Å². The van der Waals surface area contributed by atoms with E-state index >= 15 is 0 Å². The lowest BCUT2D eigenvalue weighted by atomic mass is 10.0. The van der Waals surface area contributed by atoms with Crippen LogP contribution in [0.15, 0.2) is 77.3 Å². The standard InChI is InChI=1S/C29H35BrN4O4S/c1-21-11-12-22(2)26(17-21)34(39(37,38)32(4)5)20-28(35)33(19-24-13-15-25(30)16-14-24)27(29(36)31-3)18-23-9-7-6-8-10-23/h6-17,27H,18-20H2,1-5H3,(H,31,36). The lowest BCUT2D eigenvalue weighted by Crippen LogP contribution is -2.54. The first kappa shape index (κ1) is 30.3. The highest BCUT2D eigenvalue weighted by molar-refractivity contribution is 9.10. The Labute approximate surface area is 239 Å². The molecule has 0 spiro atoms. The van der Waals surface area contributed by atoms with Gasteiger partial charge in [0.15, 0.2) is 0 Å². The Morgan fingerprint density at radius 3 is 2.15 bits per heavy atom. The van der Waals surface area contributed by atoms with Gasteiger partial charge in [-0.3, -0.25) is 9.59 Å². The normalized spacial score (nSPS) is 12.2. The van der Waals surface area contributed by atoms with Gasteiger partial charge in [0.2, 0.25) is 11.8 Å². The van der Waals surface area contributed by atoms with Crippen LogP contribution >= 0.6 is 15.9 Å². The summed E-state index contributed by atoms with van der Waals surface area (Å²) in [6.07, 6.45) is 0.271. The van der Waals surface area contributed by atoms with E-state index in [9.17, 15) is 18.0 Å². The van der Waals surface area contributed by atoms with Crippen LogP contribution < -0.4 is 9.62 Å². The molecule has 10 heteroatoms. The number of hydrogen-bond acceptors (Lipinski definition) is 4. The molecule has 2 amide bonds. The van der Waals surface area contributed by atoms with E-state index in [1.807, 2.05) is 73.7 Å². The van der Waals surface area contributed by atoms with Crippen molar-refractivity contribution in [3.63, 3.8) is 0 Å². The molecule has 1 atom stereocenters. The molecule has 0 aromatic heterocycles. The molecule has 3 aromatic rings. The first-order valence-corrected chi connectivity index (χ1v) is 14.7. The average Bonchev–Trinajstić information content (AvgIpc) is 2.91. The number of hydrogen-bond donors (Lipinski definition) is 1. The molecule has 208 valence electrons. The molecule has 39 heavy (non-hydrogen) atoms. The highest BCUT2D eigenvalue weighted by Gasteiger charge is 2.34. The van der Waals surface area contributed by atoms with Gasteiger partial charge in [-0.15, -0.1) is 0 Å². The van der Waals surface area contributed by atoms with E-state index in [1.54, 1.807) is 13.0 Å². The molecule has 0 aliphatic carbocycles. The van der Waals surface area contributed by atoms with Gasteiger partial charge in [-0.25, -0.2) is 4.31 Å². The topological polar surface area (TPSA) is 90.0 Å². The fraction of sp³-hybridized carbons (Fsp3) is 0.310. The molecule has 0 saturated carbocycles. The third-order valence-corrected chi connectivity index (χ3v) is 8.77. The van der Waals surface area contributed by atoms with Crippen molar-refractivity contribution in [2.24, 2.45) is 0 Å². The molecule has 1 unspecified atom stereocenters. The third-order valence-electron chi connectivity index (χ3n) is 6.44. The van der Waals surface area contributed by atoms with E-state index in [-0.39, 0.29) is 18.9 Å². The second-order valence-corrected chi connectivity index (χ2v) is 12.5. The summed E-state index contributed by atoms with van der Waals surface area (Å²) in [7, 11) is 0.355. The van der Waals surface area contributed by atoms with Crippen LogP contribution in [0.25, 0.3) is 0 Å². The Morgan fingerprint density at radius 1 is 0.923 bits per heavy atom. The quantitative estimate of drug-likeness (QED) is 0.353. The number of nitrogens with one attached hydrogen (secondary N) is 1. The van der Waals surface area contributed by atoms with E-state index in [4.69, 9.17) is 0 Å². The lowest BCUT2D eigenvalue weighted by molar-refractivity contribution is -0.139. The van der Waals surface area contributed by atoms with Gasteiger partial charge in [-0.05, 0) is 54.3 Å². The molecule has 0 fully saturated rings. The van der Waals surface area contributed by atoms with Crippen LogP contribution in [-0.4, -0.2) is 63.2 Å². The van der Waals surface area contributed by atoms with Crippen LogP contribution in [0.5, 0.6) is 0 Å². The Morgan fingerprint density at radius 2 is 1.56 bits per heavy atom. The van der Waals surface area contributed by atoms with E-state index in [2.05, 4.69) is 21.2 Å². The van der Waals surface area contributed by atoms with Crippen LogP contribution in [0.4, 0.5) is 5.69 Å². The van der Waals surface area contributed by atoms with Gasteiger partial charge < -0.3 is 10.2 Å². The van der Waals surface area contributed by atoms with E-state index in [1.165, 1.54) is 26.0 Å². The molecule has 3 rings (SSSR count). The van der Waals surface area contributed by atoms with E-state index < -0.39 is 28.7 Å². The van der Waals surface area contributed by atoms with Crippen molar-refractivity contribution in [2.45, 2.75) is 32.9 Å². The molecule has 0 radical (unpaired) electrons. The Kier molecular flexibility index (Phi) is 10.3. The summed E-state index contributed by atoms with van der Waals surface area (Å²) >= 11 is 3.43. The minimum atomic E-state index is -4.04. The van der Waals surface area contributed by atoms with Crippen molar-refractivity contribution in [1.29, 1.82) is 0 Å². The number of anilines is 1. The minimum Gasteiger partial charge on any atom is -0.357 e. The monoisotopic (exact) mass is 614 g/mol. The van der Waals surface area contributed by atoms with Gasteiger partial charge in [0.1, 0.15) is 12.6 Å². The highest BCUT2D eigenvalue weighted by Crippen LogP contribution is 2.26. The maximum absolute atomic E-state index is 14.1. The zero-order chi connectivity index (χ0) is 28.7. The molecular formula is C29H35BrN4O4S. The summed E-state index contributed by atoms with van der Waals surface area (Å²) in [6.45, 7) is 3.33. The first-order valence-electron chi connectivity index (χ1n) is 12.5. The molecule has 0 aliphatic heterocycles. The molecule has 0 heterocycles. The van der Waals surface area contributed by atoms with Crippen LogP contribution in [-0.2, 0) is 32.8 Å². The third kappa shape index (κ3) is 7.68. The summed E-state index contributed by atoms with van der Waals surface area (Å²) in [5.41, 5.74) is 3.68. The van der Waals surface area contributed by atoms with Crippen LogP contribution in [0, 0.1) is 13.8 Å². The van der Waals surface area contributed by atoms with Gasteiger partial charge in [-0.2, -0.15) is 12.7 Å². The van der Waals surface area contributed by atoms with Gasteiger partial charge in [0.25, 0.3) is 0 Å². The maximum atomic E-state index is 14.1. The molecule has 8 nitrogen and oxygen atoms in total. The van der Waals surface area contributed by atoms with Crippen molar-refractivity contribution in [3.8, 4) is 0 Å². The Bertz CT molecular complexity index is 1400. The van der Waals surface area contributed by atoms with Crippen molar-refractivity contribution in [1.82, 2.24) is 14.5 Å². The molecule has 3 aromatic carbocycles. The molecule has 0 saturated heterocycles. The number of rotatable bonds is 11. The molecule has 0 bridgehead atoms. The number of nitrogens with zero attached hydrogens (tertiary/aromatic N) is 3. The molecule has 1 N–H and O–H groups in total. The van der Waals surface area contributed by atoms with Crippen molar-refractivity contribution in [3.05, 3.63) is 99.5 Å². The smallest absolute Gasteiger partial charge is 0.304 e. The number of amides is 2. The van der Waals surface area contributed by atoms with Crippen molar-refractivity contribution >= 4 is 43.6 Å². The second kappa shape index (κ2) is 13.2. The predicted octanol–water partition coefficient (Wildman–Crippen LogP) is 4.06. The number of aryl methyl sites for hydroxylation is 2. The largest absolute Gasteiger partial charge is 0.357 e. The van der Waals surface area contributed by atoms with Gasteiger partial charge in [-0.1, -0.05) is 70.5 Å². The predicted molar refractivity (Wildman–Crippen MR) is 159 cm³/mol. The number of benzene rings is 3. The number of likely N-dealkylation sites (N-methyl/N-ethyl adjacent to an activating group) is 1. The van der Waals surface area contributed by atoms with Crippen LogP contribution in [0.3, 0.4) is 0 Å². The van der Waals surface area contributed by atoms with Crippen LogP contribution in [0.2, 0.25) is 0 Å². The summed E-state index contributed by atoms with van der Waals surface area (Å²) in [6, 6.07) is 21.5. The fourth-order valence-corrected chi connectivity index (χ4v) is 5.57. The number of halogens is 1. The van der Waals surface area contributed by atoms with Crippen LogP contribution in [0.1, 0.15) is 22.3 Å². The summed E-state index contributed by atoms with van der Waals surface area (Å²) in [5.74, 6) is -0.827. The van der Waals surface area contributed by atoms with Gasteiger partial charge in [0, 0.05) is 38.6 Å². The second-order valence-electron chi connectivity index (χ2n) is 9.55. The van der Waals surface area contributed by atoms with Gasteiger partial charge >= 0.3 is 10.2 Å². The molecular weight excluding hydrogens is 580 g/mol. The number of carbonyl (C=O) groups excluding carboxylic acids is 2. The zero-order valence-electron chi connectivity index (χ0n) is 22.9. The number of carbonyl (C=O) groups is 2. The SMILES string of the molecule is CNC(=O)C(Cc1ccccc1)N(Cc1ccc(Br)cc1)C(=O)CN(c1cc(C)ccc1C)S(=O)(=O)N(C)C. The van der Waals surface area contributed by atoms with E-state index in [0.717, 1.165) is 29.8 Å². The summed E-state index contributed by atoms with van der Waals surface area (Å²) < 4.78 is 30.1. The van der Waals surface area contributed by atoms with Crippen molar-refractivity contribution in [2.75, 3.05) is 32.0 Å². The minimum absolute atomic E-state index is 0.125. The lowest BCUT2D eigenvalue weighted by Gasteiger charge is -2.34. The van der Waals surface area contributed by atoms with Crippen molar-refractivity contribution < 1.29 is 18.0 Å². The maximum Gasteiger partial charge on any atom is 0.304 e. The average molecular weight is 616 g/mol. The summed E-state index contributed by atoms with van der Waals surface area (Å²) in [4.78, 5) is 28.8. The zero-order valence-corrected chi connectivity index (χ0v) is 25.3. The Balaban J connectivity index is 2.09. The fourth-order valence-electron chi connectivity index (χ4n) is 4.20. The molecule has 0 aliphatic rings. The van der Waals surface area contributed by atoms with E-state index in [0.29, 0.717) is 11.3 Å². The Hall–Kier alpha value is -3.21. The first-order chi connectivity index (χ1) is 18.4. The summed E-state index contributed by atoms with van der Waals surface area (Å²) in [5, 5.41) is 2.69. The highest BCUT2D eigenvalue weighted by atomic mass is 79.9.